The van der Waals surface area contributed by atoms with Crippen LogP contribution in [-0.2, 0) is 16.0 Å². The highest BCUT2D eigenvalue weighted by Gasteiger charge is 2.41. The Morgan fingerprint density at radius 1 is 0.800 bits per heavy atom. The molecule has 0 spiro atoms. The molecule has 40 heavy (non-hydrogen) atoms. The van der Waals surface area contributed by atoms with E-state index < -0.39 is 11.8 Å². The molecule has 7 heteroatoms. The van der Waals surface area contributed by atoms with Gasteiger partial charge < -0.3 is 4.74 Å². The minimum atomic E-state index is -0.484. The van der Waals surface area contributed by atoms with Crippen LogP contribution in [0.1, 0.15) is 27.8 Å². The highest BCUT2D eigenvalue weighted by atomic mass is 79.9. The number of aryl methyl sites for hydroxylation is 2. The van der Waals surface area contributed by atoms with Crippen molar-refractivity contribution in [2.75, 3.05) is 16.9 Å². The average Bonchev–Trinajstić information content (AvgIpc) is 2.93. The van der Waals surface area contributed by atoms with E-state index in [-0.39, 0.29) is 10.7 Å². The summed E-state index contributed by atoms with van der Waals surface area (Å²) in [6, 6.07) is 28.4. The summed E-state index contributed by atoms with van der Waals surface area (Å²) in [4.78, 5) is 30.4. The lowest BCUT2D eigenvalue weighted by Crippen LogP contribution is -2.56. The summed E-state index contributed by atoms with van der Waals surface area (Å²) in [5, 5.41) is 0.104. The van der Waals surface area contributed by atoms with E-state index in [4.69, 9.17) is 17.0 Å². The summed E-state index contributed by atoms with van der Waals surface area (Å²) in [6.45, 7) is 4.17. The van der Waals surface area contributed by atoms with Crippen molar-refractivity contribution in [3.8, 4) is 5.75 Å². The summed E-state index contributed by atoms with van der Waals surface area (Å²) in [6.07, 6.45) is 2.27. The first kappa shape index (κ1) is 27.5. The number of hydrogen-bond donors (Lipinski definition) is 0. The van der Waals surface area contributed by atoms with E-state index in [0.29, 0.717) is 29.1 Å². The molecule has 0 saturated carbocycles. The minimum Gasteiger partial charge on any atom is -0.496 e. The summed E-state index contributed by atoms with van der Waals surface area (Å²) in [5.41, 5.74) is 6.36. The van der Waals surface area contributed by atoms with Gasteiger partial charge in [-0.05, 0) is 79.7 Å². The second-order valence-electron chi connectivity index (χ2n) is 9.65. The van der Waals surface area contributed by atoms with Crippen molar-refractivity contribution in [2.24, 2.45) is 0 Å². The topological polar surface area (TPSA) is 49.9 Å². The largest absolute Gasteiger partial charge is 0.496 e. The quantitative estimate of drug-likeness (QED) is 0.129. The molecule has 5 nitrogen and oxygen atoms in total. The maximum Gasteiger partial charge on any atom is 0.270 e. The number of carbonyl (C=O) groups is 2. The molecule has 4 aromatic carbocycles. The standard InChI is InChI=1S/C33H27BrN2O3S/c1-21-14-22(2)16-23(15-21)17-27-29(34)19-24(20-30(27)39-3)18-28-31(37)35(25-10-6-4-7-11-25)33(40)36(32(28)38)26-12-8-5-9-13-26/h4-16,18-20H,17H2,1-3H3. The Morgan fingerprint density at radius 3 is 1.82 bits per heavy atom. The number of amides is 2. The van der Waals surface area contributed by atoms with Crippen LogP contribution in [0.4, 0.5) is 11.4 Å². The number of nitrogens with zero attached hydrogens (tertiary/aromatic N) is 2. The molecule has 1 saturated heterocycles. The van der Waals surface area contributed by atoms with Crippen LogP contribution in [0.25, 0.3) is 6.08 Å². The van der Waals surface area contributed by atoms with Crippen LogP contribution in [0.3, 0.4) is 0 Å². The molecule has 1 aliphatic rings. The highest BCUT2D eigenvalue weighted by Crippen LogP contribution is 2.34. The fraction of sp³-hybridized carbons (Fsp3) is 0.121. The highest BCUT2D eigenvalue weighted by molar-refractivity contribution is 9.10. The maximum atomic E-state index is 13.8. The number of anilines is 2. The lowest BCUT2D eigenvalue weighted by Gasteiger charge is -2.36. The van der Waals surface area contributed by atoms with Crippen LogP contribution in [-0.4, -0.2) is 24.0 Å². The van der Waals surface area contributed by atoms with Gasteiger partial charge in [-0.2, -0.15) is 0 Å². The molecule has 5 rings (SSSR count). The summed E-state index contributed by atoms with van der Waals surface area (Å²) < 4.78 is 6.59. The molecule has 4 aromatic rings. The van der Waals surface area contributed by atoms with Gasteiger partial charge in [0.15, 0.2) is 5.11 Å². The number of para-hydroxylation sites is 2. The van der Waals surface area contributed by atoms with Crippen LogP contribution in [0.15, 0.2) is 101 Å². The van der Waals surface area contributed by atoms with Gasteiger partial charge >= 0.3 is 0 Å². The number of methoxy groups -OCH3 is 1. The molecule has 0 unspecified atom stereocenters. The van der Waals surface area contributed by atoms with E-state index in [0.717, 1.165) is 10.0 Å². The number of rotatable bonds is 6. The predicted molar refractivity (Wildman–Crippen MR) is 168 cm³/mol. The third kappa shape index (κ3) is 5.48. The number of thiocarbonyl (C=S) groups is 1. The van der Waals surface area contributed by atoms with E-state index in [1.165, 1.54) is 26.5 Å². The molecule has 1 aliphatic heterocycles. The fourth-order valence-electron chi connectivity index (χ4n) is 4.95. The van der Waals surface area contributed by atoms with Crippen molar-refractivity contribution in [1.82, 2.24) is 0 Å². The molecule has 0 aliphatic carbocycles. The van der Waals surface area contributed by atoms with Crippen LogP contribution in [0, 0.1) is 13.8 Å². The van der Waals surface area contributed by atoms with Gasteiger partial charge in [-0.25, -0.2) is 0 Å². The smallest absolute Gasteiger partial charge is 0.270 e. The van der Waals surface area contributed by atoms with Crippen molar-refractivity contribution in [3.63, 3.8) is 0 Å². The van der Waals surface area contributed by atoms with E-state index in [9.17, 15) is 9.59 Å². The molecule has 1 fully saturated rings. The Hall–Kier alpha value is -4.07. The van der Waals surface area contributed by atoms with Crippen molar-refractivity contribution < 1.29 is 14.3 Å². The predicted octanol–water partition coefficient (Wildman–Crippen LogP) is 7.41. The van der Waals surface area contributed by atoms with Crippen LogP contribution in [0.5, 0.6) is 5.75 Å². The van der Waals surface area contributed by atoms with Gasteiger partial charge in [0, 0.05) is 16.5 Å². The summed E-state index contributed by atoms with van der Waals surface area (Å²) in [5.74, 6) is -0.308. The third-order valence-corrected chi connectivity index (χ3v) is 7.72. The van der Waals surface area contributed by atoms with Gasteiger partial charge in [0.25, 0.3) is 11.8 Å². The van der Waals surface area contributed by atoms with Gasteiger partial charge in [-0.15, -0.1) is 0 Å². The van der Waals surface area contributed by atoms with Crippen molar-refractivity contribution in [2.45, 2.75) is 20.3 Å². The third-order valence-electron chi connectivity index (χ3n) is 6.65. The lowest BCUT2D eigenvalue weighted by atomic mass is 9.98. The summed E-state index contributed by atoms with van der Waals surface area (Å²) in [7, 11) is 1.62. The molecule has 0 radical (unpaired) electrons. The first-order valence-corrected chi connectivity index (χ1v) is 13.9. The van der Waals surface area contributed by atoms with Gasteiger partial charge in [0.2, 0.25) is 0 Å². The number of benzene rings is 4. The maximum absolute atomic E-state index is 13.8. The Kier molecular flexibility index (Phi) is 7.96. The molecular formula is C33H27BrN2O3S. The molecule has 0 atom stereocenters. The molecule has 200 valence electrons. The van der Waals surface area contributed by atoms with Crippen molar-refractivity contribution in [1.29, 1.82) is 0 Å². The van der Waals surface area contributed by atoms with E-state index in [1.807, 2.05) is 48.5 Å². The molecule has 0 aromatic heterocycles. The van der Waals surface area contributed by atoms with Gasteiger partial charge in [-0.1, -0.05) is 81.7 Å². The first-order chi connectivity index (χ1) is 19.3. The van der Waals surface area contributed by atoms with E-state index in [2.05, 4.69) is 48.0 Å². The number of carbonyl (C=O) groups excluding carboxylic acids is 2. The lowest BCUT2D eigenvalue weighted by molar-refractivity contribution is -0.120. The Labute approximate surface area is 247 Å². The molecule has 1 heterocycles. The van der Waals surface area contributed by atoms with E-state index in [1.54, 1.807) is 37.5 Å². The molecule has 2 amide bonds. The number of hydrogen-bond acceptors (Lipinski definition) is 4. The van der Waals surface area contributed by atoms with Gasteiger partial charge in [-0.3, -0.25) is 19.4 Å². The molecule has 0 bridgehead atoms. The monoisotopic (exact) mass is 610 g/mol. The first-order valence-electron chi connectivity index (χ1n) is 12.7. The van der Waals surface area contributed by atoms with Crippen LogP contribution < -0.4 is 14.5 Å². The number of halogens is 1. The SMILES string of the molecule is COc1cc(C=C2C(=O)N(c3ccccc3)C(=S)N(c3ccccc3)C2=O)cc(Br)c1Cc1cc(C)cc(C)c1. The second kappa shape index (κ2) is 11.6. The van der Waals surface area contributed by atoms with E-state index >= 15 is 0 Å². The fourth-order valence-corrected chi connectivity index (χ4v) is 5.93. The Morgan fingerprint density at radius 2 is 1.32 bits per heavy atom. The van der Waals surface area contributed by atoms with Gasteiger partial charge in [0.1, 0.15) is 11.3 Å². The second-order valence-corrected chi connectivity index (χ2v) is 10.9. The van der Waals surface area contributed by atoms with Gasteiger partial charge in [0.05, 0.1) is 18.5 Å². The van der Waals surface area contributed by atoms with Crippen LogP contribution in [0.2, 0.25) is 0 Å². The molecular weight excluding hydrogens is 584 g/mol. The van der Waals surface area contributed by atoms with Crippen molar-refractivity contribution in [3.05, 3.63) is 129 Å². The Bertz CT molecular complexity index is 1570. The molecule has 0 N–H and O–H groups in total. The zero-order chi connectivity index (χ0) is 28.4. The average molecular weight is 612 g/mol. The zero-order valence-electron chi connectivity index (χ0n) is 22.4. The zero-order valence-corrected chi connectivity index (χ0v) is 24.8. The summed E-state index contributed by atoms with van der Waals surface area (Å²) >= 11 is 9.41. The Balaban J connectivity index is 1.59. The van der Waals surface area contributed by atoms with Crippen LogP contribution >= 0.6 is 28.1 Å². The normalized spacial score (nSPS) is 13.6. The minimum absolute atomic E-state index is 0.00248. The number of ether oxygens (including phenoxy) is 1. The van der Waals surface area contributed by atoms with Crippen molar-refractivity contribution >= 4 is 62.5 Å².